The number of carbonyl (C=O) groups is 2. The van der Waals surface area contributed by atoms with E-state index in [2.05, 4.69) is 10.3 Å². The highest BCUT2D eigenvalue weighted by Crippen LogP contribution is 2.29. The third-order valence-electron chi connectivity index (χ3n) is 3.81. The Kier molecular flexibility index (Phi) is 4.76. The largest absolute Gasteiger partial charge is 0.442 e. The molecule has 1 aliphatic heterocycles. The molecule has 0 aromatic carbocycles. The van der Waals surface area contributed by atoms with E-state index in [-0.39, 0.29) is 11.8 Å². The summed E-state index contributed by atoms with van der Waals surface area (Å²) in [6.07, 6.45) is 3.62. The standard InChI is InChI=1S/C16H19N3O3S/c1-11-5-6-12(23-11)15-14(18-10-22-15)16(21)17-7-3-9-19-8-2-4-13(19)20/h5-6,10H,2-4,7-9H2,1H3,(H,17,21). The molecule has 0 spiro atoms. The lowest BCUT2D eigenvalue weighted by molar-refractivity contribution is -0.127. The average Bonchev–Trinajstić information content (AvgIpc) is 3.24. The molecule has 7 heteroatoms. The lowest BCUT2D eigenvalue weighted by Gasteiger charge is -2.15. The molecule has 6 nitrogen and oxygen atoms in total. The van der Waals surface area contributed by atoms with Gasteiger partial charge in [-0.2, -0.15) is 0 Å². The fourth-order valence-corrected chi connectivity index (χ4v) is 3.49. The van der Waals surface area contributed by atoms with Gasteiger partial charge in [0.25, 0.3) is 5.91 Å². The number of nitrogens with zero attached hydrogens (tertiary/aromatic N) is 2. The maximum atomic E-state index is 12.3. The first-order chi connectivity index (χ1) is 11.1. The van der Waals surface area contributed by atoms with Crippen molar-refractivity contribution in [1.29, 1.82) is 0 Å². The van der Waals surface area contributed by atoms with E-state index in [4.69, 9.17) is 4.42 Å². The van der Waals surface area contributed by atoms with E-state index in [9.17, 15) is 9.59 Å². The summed E-state index contributed by atoms with van der Waals surface area (Å²) in [5.74, 6) is 0.478. The van der Waals surface area contributed by atoms with Gasteiger partial charge in [0.2, 0.25) is 5.91 Å². The summed E-state index contributed by atoms with van der Waals surface area (Å²) in [7, 11) is 0. The molecule has 3 heterocycles. The number of amides is 2. The van der Waals surface area contributed by atoms with Crippen LogP contribution in [0.15, 0.2) is 22.9 Å². The SMILES string of the molecule is Cc1ccc(-c2ocnc2C(=O)NCCCN2CCCC2=O)s1. The second kappa shape index (κ2) is 6.95. The third kappa shape index (κ3) is 3.61. The summed E-state index contributed by atoms with van der Waals surface area (Å²) < 4.78 is 5.37. The van der Waals surface area contributed by atoms with Crippen molar-refractivity contribution in [2.24, 2.45) is 0 Å². The molecule has 3 rings (SSSR count). The second-order valence-electron chi connectivity index (χ2n) is 5.53. The van der Waals surface area contributed by atoms with Crippen molar-refractivity contribution < 1.29 is 14.0 Å². The van der Waals surface area contributed by atoms with E-state index in [1.54, 1.807) is 11.3 Å². The van der Waals surface area contributed by atoms with Gasteiger partial charge < -0.3 is 14.6 Å². The summed E-state index contributed by atoms with van der Waals surface area (Å²) in [6, 6.07) is 3.91. The van der Waals surface area contributed by atoms with Crippen LogP contribution in [0.5, 0.6) is 0 Å². The summed E-state index contributed by atoms with van der Waals surface area (Å²) in [6.45, 7) is 4.04. The van der Waals surface area contributed by atoms with Crippen molar-refractivity contribution in [3.63, 3.8) is 0 Å². The van der Waals surface area contributed by atoms with Gasteiger partial charge in [0.15, 0.2) is 17.8 Å². The van der Waals surface area contributed by atoms with Crippen molar-refractivity contribution >= 4 is 23.2 Å². The van der Waals surface area contributed by atoms with Crippen LogP contribution in [0.4, 0.5) is 0 Å². The highest BCUT2D eigenvalue weighted by atomic mass is 32.1. The number of likely N-dealkylation sites (tertiary alicyclic amines) is 1. The van der Waals surface area contributed by atoms with Gasteiger partial charge in [0.05, 0.1) is 4.88 Å². The molecule has 2 amide bonds. The fourth-order valence-electron chi connectivity index (χ4n) is 2.64. The maximum absolute atomic E-state index is 12.3. The monoisotopic (exact) mass is 333 g/mol. The van der Waals surface area contributed by atoms with Crippen molar-refractivity contribution in [2.75, 3.05) is 19.6 Å². The topological polar surface area (TPSA) is 75.4 Å². The van der Waals surface area contributed by atoms with Gasteiger partial charge in [0.1, 0.15) is 0 Å². The molecule has 2 aromatic rings. The van der Waals surface area contributed by atoms with Crippen molar-refractivity contribution in [1.82, 2.24) is 15.2 Å². The molecule has 1 saturated heterocycles. The number of hydrogen-bond donors (Lipinski definition) is 1. The summed E-state index contributed by atoms with van der Waals surface area (Å²) in [5.41, 5.74) is 0.309. The molecule has 2 aromatic heterocycles. The van der Waals surface area contributed by atoms with Crippen LogP contribution in [-0.4, -0.2) is 41.3 Å². The number of thiophene rings is 1. The third-order valence-corrected chi connectivity index (χ3v) is 4.81. The smallest absolute Gasteiger partial charge is 0.273 e. The van der Waals surface area contributed by atoms with Crippen molar-refractivity contribution in [3.8, 4) is 10.6 Å². The Hall–Kier alpha value is -2.15. The molecular weight excluding hydrogens is 314 g/mol. The Morgan fingerprint density at radius 3 is 3.04 bits per heavy atom. The van der Waals surface area contributed by atoms with E-state index >= 15 is 0 Å². The number of aromatic nitrogens is 1. The lowest BCUT2D eigenvalue weighted by atomic mass is 10.2. The highest BCUT2D eigenvalue weighted by Gasteiger charge is 2.21. The Bertz CT molecular complexity index is 707. The van der Waals surface area contributed by atoms with Crippen LogP contribution in [0.25, 0.3) is 10.6 Å². The molecule has 0 bridgehead atoms. The molecule has 0 atom stereocenters. The fraction of sp³-hybridized carbons (Fsp3) is 0.438. The number of rotatable bonds is 6. The molecular formula is C16H19N3O3S. The Morgan fingerprint density at radius 2 is 2.35 bits per heavy atom. The highest BCUT2D eigenvalue weighted by molar-refractivity contribution is 7.15. The van der Waals surface area contributed by atoms with Gasteiger partial charge in [-0.1, -0.05) is 0 Å². The number of aryl methyl sites for hydroxylation is 1. The molecule has 0 radical (unpaired) electrons. The van der Waals surface area contributed by atoms with Gasteiger partial charge in [0, 0.05) is 30.9 Å². The van der Waals surface area contributed by atoms with E-state index in [1.807, 2.05) is 24.0 Å². The van der Waals surface area contributed by atoms with Gasteiger partial charge in [-0.05, 0) is 31.9 Å². The van der Waals surface area contributed by atoms with Crippen LogP contribution in [0.3, 0.4) is 0 Å². The molecule has 0 saturated carbocycles. The first-order valence-corrected chi connectivity index (χ1v) is 8.53. The molecule has 23 heavy (non-hydrogen) atoms. The number of hydrogen-bond acceptors (Lipinski definition) is 5. The Morgan fingerprint density at radius 1 is 1.48 bits per heavy atom. The summed E-state index contributed by atoms with van der Waals surface area (Å²) >= 11 is 1.56. The molecule has 122 valence electrons. The van der Waals surface area contributed by atoms with E-state index < -0.39 is 0 Å². The molecule has 0 unspecified atom stereocenters. The van der Waals surface area contributed by atoms with Crippen LogP contribution in [-0.2, 0) is 4.79 Å². The quantitative estimate of drug-likeness (QED) is 0.824. The number of carbonyl (C=O) groups excluding carboxylic acids is 2. The normalized spacial score (nSPS) is 14.5. The van der Waals surface area contributed by atoms with Gasteiger partial charge >= 0.3 is 0 Å². The van der Waals surface area contributed by atoms with Crippen LogP contribution >= 0.6 is 11.3 Å². The predicted octanol–water partition coefficient (Wildman–Crippen LogP) is 2.45. The van der Waals surface area contributed by atoms with Crippen LogP contribution in [0.1, 0.15) is 34.6 Å². The maximum Gasteiger partial charge on any atom is 0.273 e. The van der Waals surface area contributed by atoms with Crippen LogP contribution < -0.4 is 5.32 Å². The van der Waals surface area contributed by atoms with E-state index in [0.29, 0.717) is 31.0 Å². The second-order valence-corrected chi connectivity index (χ2v) is 6.82. The zero-order valence-corrected chi connectivity index (χ0v) is 13.8. The molecule has 1 N–H and O–H groups in total. The lowest BCUT2D eigenvalue weighted by Crippen LogP contribution is -2.30. The summed E-state index contributed by atoms with van der Waals surface area (Å²) in [4.78, 5) is 31.7. The van der Waals surface area contributed by atoms with Crippen molar-refractivity contribution in [3.05, 3.63) is 29.1 Å². The summed E-state index contributed by atoms with van der Waals surface area (Å²) in [5, 5.41) is 2.85. The number of oxazole rings is 1. The minimum atomic E-state index is -0.243. The van der Waals surface area contributed by atoms with E-state index in [0.717, 1.165) is 29.1 Å². The van der Waals surface area contributed by atoms with Gasteiger partial charge in [-0.3, -0.25) is 9.59 Å². The van der Waals surface area contributed by atoms with Crippen molar-refractivity contribution in [2.45, 2.75) is 26.2 Å². The van der Waals surface area contributed by atoms with Gasteiger partial charge in [-0.25, -0.2) is 4.98 Å². The minimum Gasteiger partial charge on any atom is -0.442 e. The van der Waals surface area contributed by atoms with Gasteiger partial charge in [-0.15, -0.1) is 11.3 Å². The predicted molar refractivity (Wildman–Crippen MR) is 87.3 cm³/mol. The number of nitrogens with one attached hydrogen (secondary N) is 1. The molecule has 0 aliphatic carbocycles. The zero-order chi connectivity index (χ0) is 16.2. The Balaban J connectivity index is 1.53. The first-order valence-electron chi connectivity index (χ1n) is 7.71. The van der Waals surface area contributed by atoms with Crippen LogP contribution in [0, 0.1) is 6.92 Å². The average molecular weight is 333 g/mol. The Labute approximate surface area is 138 Å². The first kappa shape index (κ1) is 15.7. The molecule has 1 aliphatic rings. The molecule has 1 fully saturated rings. The minimum absolute atomic E-state index is 0.211. The van der Waals surface area contributed by atoms with Crippen LogP contribution in [0.2, 0.25) is 0 Å². The zero-order valence-electron chi connectivity index (χ0n) is 13.0. The van der Waals surface area contributed by atoms with E-state index in [1.165, 1.54) is 6.39 Å².